The van der Waals surface area contributed by atoms with Crippen molar-refractivity contribution in [2.75, 3.05) is 18.8 Å². The first kappa shape index (κ1) is 23.8. The van der Waals surface area contributed by atoms with Gasteiger partial charge in [-0.25, -0.2) is 13.2 Å². The topological polar surface area (TPSA) is 88.6 Å². The van der Waals surface area contributed by atoms with Crippen LogP contribution < -0.4 is 5.32 Å². The summed E-state index contributed by atoms with van der Waals surface area (Å²) in [5, 5.41) is 4.33. The summed E-state index contributed by atoms with van der Waals surface area (Å²) in [5.74, 6) is 0.914. The summed E-state index contributed by atoms with van der Waals surface area (Å²) >= 11 is 1.64. The molecule has 0 aliphatic carbocycles. The lowest BCUT2D eigenvalue weighted by Gasteiger charge is -2.22. The van der Waals surface area contributed by atoms with E-state index in [4.69, 9.17) is 4.74 Å². The molecule has 0 bridgehead atoms. The number of amides is 1. The third-order valence-electron chi connectivity index (χ3n) is 4.96. The Labute approximate surface area is 189 Å². The summed E-state index contributed by atoms with van der Waals surface area (Å²) < 4.78 is 33.8. The Kier molecular flexibility index (Phi) is 7.49. The van der Waals surface area contributed by atoms with Gasteiger partial charge in [0.15, 0.2) is 0 Å². The van der Waals surface area contributed by atoms with E-state index in [1.807, 2.05) is 6.07 Å². The van der Waals surface area contributed by atoms with Crippen LogP contribution in [0.4, 0.5) is 4.79 Å². The number of alkyl carbamates (subject to hydrolysis) is 1. The Balaban J connectivity index is 1.83. The highest BCUT2D eigenvalue weighted by atomic mass is 32.2. The van der Waals surface area contributed by atoms with E-state index in [-0.39, 0.29) is 12.6 Å². The SMILES string of the molecule is CCCCSc1cncc2cccc(S(=O)(=O)N3CC[C@H](NC(=O)OC(C)(C)C)C3)c12. The van der Waals surface area contributed by atoms with Gasteiger partial charge in [-0.2, -0.15) is 4.31 Å². The zero-order chi connectivity index (χ0) is 22.6. The van der Waals surface area contributed by atoms with Gasteiger partial charge < -0.3 is 10.1 Å². The van der Waals surface area contributed by atoms with Gasteiger partial charge in [-0.15, -0.1) is 11.8 Å². The first-order chi connectivity index (χ1) is 14.6. The number of fused-ring (bicyclic) bond motifs is 1. The average molecular weight is 466 g/mol. The molecule has 3 rings (SSSR count). The lowest BCUT2D eigenvalue weighted by atomic mass is 10.2. The molecule has 1 fully saturated rings. The molecule has 1 aromatic carbocycles. The van der Waals surface area contributed by atoms with E-state index in [0.717, 1.165) is 34.3 Å². The molecule has 0 saturated carbocycles. The van der Waals surface area contributed by atoms with Gasteiger partial charge in [-0.05, 0) is 45.4 Å². The Morgan fingerprint density at radius 2 is 2.10 bits per heavy atom. The number of hydrogen-bond donors (Lipinski definition) is 1. The number of sulfonamides is 1. The molecule has 1 aromatic heterocycles. The van der Waals surface area contributed by atoms with Gasteiger partial charge >= 0.3 is 6.09 Å². The standard InChI is InChI=1S/C22H31N3O4S2/c1-5-6-12-30-18-14-23-13-16-8-7-9-19(20(16)18)31(27,28)25-11-10-17(15-25)24-21(26)29-22(2,3)4/h7-9,13-14,17H,5-6,10-12,15H2,1-4H3,(H,24,26)/t17-/m0/s1. The number of nitrogens with one attached hydrogen (secondary N) is 1. The largest absolute Gasteiger partial charge is 0.444 e. The third kappa shape index (κ3) is 5.90. The number of rotatable bonds is 7. The molecule has 0 radical (unpaired) electrons. The van der Waals surface area contributed by atoms with Crippen LogP contribution in [0.2, 0.25) is 0 Å². The highest BCUT2D eigenvalue weighted by Crippen LogP contribution is 2.34. The van der Waals surface area contributed by atoms with Crippen LogP contribution in [0.15, 0.2) is 40.4 Å². The monoisotopic (exact) mass is 465 g/mol. The zero-order valence-electron chi connectivity index (χ0n) is 18.6. The van der Waals surface area contributed by atoms with Crippen LogP contribution in [-0.2, 0) is 14.8 Å². The molecule has 9 heteroatoms. The van der Waals surface area contributed by atoms with Gasteiger partial charge in [-0.1, -0.05) is 25.5 Å². The molecule has 1 aliphatic rings. The van der Waals surface area contributed by atoms with E-state index in [1.54, 1.807) is 57.1 Å². The van der Waals surface area contributed by atoms with Crippen LogP contribution >= 0.6 is 11.8 Å². The second-order valence-corrected chi connectivity index (χ2v) is 11.7. The van der Waals surface area contributed by atoms with E-state index in [0.29, 0.717) is 17.9 Å². The van der Waals surface area contributed by atoms with Gasteiger partial charge in [-0.3, -0.25) is 4.98 Å². The summed E-state index contributed by atoms with van der Waals surface area (Å²) in [6, 6.07) is 5.03. The molecule has 1 aliphatic heterocycles. The minimum Gasteiger partial charge on any atom is -0.444 e. The van der Waals surface area contributed by atoms with E-state index in [2.05, 4.69) is 17.2 Å². The predicted octanol–water partition coefficient (Wildman–Crippen LogP) is 4.41. The highest BCUT2D eigenvalue weighted by Gasteiger charge is 2.35. The Hall–Kier alpha value is -1.84. The van der Waals surface area contributed by atoms with Gasteiger partial charge in [0.25, 0.3) is 0 Å². The number of carbonyl (C=O) groups excluding carboxylic acids is 1. The molecular formula is C22H31N3O4S2. The van der Waals surface area contributed by atoms with Crippen LogP contribution in [-0.4, -0.2) is 54.3 Å². The molecular weight excluding hydrogens is 434 g/mol. The normalized spacial score (nSPS) is 17.7. The van der Waals surface area contributed by atoms with Crippen molar-refractivity contribution in [3.8, 4) is 0 Å². The predicted molar refractivity (Wildman–Crippen MR) is 124 cm³/mol. The number of ether oxygens (including phenoxy) is 1. The molecule has 1 atom stereocenters. The van der Waals surface area contributed by atoms with Crippen molar-refractivity contribution in [3.05, 3.63) is 30.6 Å². The van der Waals surface area contributed by atoms with Gasteiger partial charge in [0.1, 0.15) is 5.60 Å². The maximum absolute atomic E-state index is 13.5. The van der Waals surface area contributed by atoms with E-state index in [9.17, 15) is 13.2 Å². The molecule has 31 heavy (non-hydrogen) atoms. The van der Waals surface area contributed by atoms with Crippen molar-refractivity contribution in [3.63, 3.8) is 0 Å². The maximum atomic E-state index is 13.5. The van der Waals surface area contributed by atoms with Gasteiger partial charge in [0.2, 0.25) is 10.0 Å². The molecule has 2 heterocycles. The molecule has 1 N–H and O–H groups in total. The molecule has 7 nitrogen and oxygen atoms in total. The number of thioether (sulfide) groups is 1. The van der Waals surface area contributed by atoms with Crippen molar-refractivity contribution in [2.45, 2.75) is 68.4 Å². The number of hydrogen-bond acceptors (Lipinski definition) is 6. The summed E-state index contributed by atoms with van der Waals surface area (Å²) in [5.41, 5.74) is -0.600. The van der Waals surface area contributed by atoms with Crippen molar-refractivity contribution in [2.24, 2.45) is 0 Å². The smallest absolute Gasteiger partial charge is 0.407 e. The number of unbranched alkanes of at least 4 members (excludes halogenated alkanes) is 1. The molecule has 170 valence electrons. The van der Waals surface area contributed by atoms with Crippen LogP contribution in [0.3, 0.4) is 0 Å². The average Bonchev–Trinajstić information content (AvgIpc) is 3.15. The lowest BCUT2D eigenvalue weighted by molar-refractivity contribution is 0.0507. The van der Waals surface area contributed by atoms with Crippen LogP contribution in [0.25, 0.3) is 10.8 Å². The quantitative estimate of drug-likeness (QED) is 0.481. The summed E-state index contributed by atoms with van der Waals surface area (Å²) in [6.07, 6.45) is 5.61. The van der Waals surface area contributed by atoms with Crippen molar-refractivity contribution in [1.29, 1.82) is 0 Å². The first-order valence-electron chi connectivity index (χ1n) is 10.6. The molecule has 1 saturated heterocycles. The maximum Gasteiger partial charge on any atom is 0.407 e. The Morgan fingerprint density at radius 3 is 2.81 bits per heavy atom. The molecule has 1 amide bonds. The minimum absolute atomic E-state index is 0.224. The third-order valence-corrected chi connectivity index (χ3v) is 7.98. The van der Waals surface area contributed by atoms with Crippen molar-refractivity contribution >= 4 is 38.7 Å². The van der Waals surface area contributed by atoms with Gasteiger partial charge in [0.05, 0.1) is 4.90 Å². The number of pyridine rings is 1. The fraction of sp³-hybridized carbons (Fsp3) is 0.545. The zero-order valence-corrected chi connectivity index (χ0v) is 20.2. The van der Waals surface area contributed by atoms with E-state index in [1.165, 1.54) is 4.31 Å². The van der Waals surface area contributed by atoms with Crippen LogP contribution in [0.5, 0.6) is 0 Å². The lowest BCUT2D eigenvalue weighted by Crippen LogP contribution is -2.41. The minimum atomic E-state index is -3.72. The molecule has 0 unspecified atom stereocenters. The molecule has 0 spiro atoms. The fourth-order valence-electron chi connectivity index (χ4n) is 3.50. The second-order valence-electron chi connectivity index (χ2n) is 8.69. The molecule has 2 aromatic rings. The number of aromatic nitrogens is 1. The van der Waals surface area contributed by atoms with Gasteiger partial charge in [0, 0.05) is 47.2 Å². The number of carbonyl (C=O) groups is 1. The first-order valence-corrected chi connectivity index (χ1v) is 13.0. The van der Waals surface area contributed by atoms with Crippen molar-refractivity contribution in [1.82, 2.24) is 14.6 Å². The van der Waals surface area contributed by atoms with E-state index >= 15 is 0 Å². The van der Waals surface area contributed by atoms with E-state index < -0.39 is 21.7 Å². The van der Waals surface area contributed by atoms with Crippen molar-refractivity contribution < 1.29 is 17.9 Å². The Bertz CT molecular complexity index is 1030. The summed E-state index contributed by atoms with van der Waals surface area (Å²) in [7, 11) is -3.72. The Morgan fingerprint density at radius 1 is 1.32 bits per heavy atom. The summed E-state index contributed by atoms with van der Waals surface area (Å²) in [6.45, 7) is 8.09. The second kappa shape index (κ2) is 9.75. The van der Waals surface area contributed by atoms with Crippen LogP contribution in [0, 0.1) is 0 Å². The number of nitrogens with zero attached hydrogens (tertiary/aromatic N) is 2. The summed E-state index contributed by atoms with van der Waals surface area (Å²) in [4.78, 5) is 17.5. The highest BCUT2D eigenvalue weighted by molar-refractivity contribution is 7.99. The fourth-order valence-corrected chi connectivity index (χ4v) is 6.46. The number of benzene rings is 1. The van der Waals surface area contributed by atoms with Crippen LogP contribution in [0.1, 0.15) is 47.0 Å².